The van der Waals surface area contributed by atoms with Gasteiger partial charge < -0.3 is 15.0 Å². The van der Waals surface area contributed by atoms with Crippen molar-refractivity contribution in [3.8, 4) is 10.7 Å². The Hall–Kier alpha value is -3.18. The number of nitrogens with one attached hydrogen (secondary N) is 1. The SMILES string of the molecule is O=C(NC1CCCC1)[C@H](c1ccncc1)N(C[C@H]1CCCO1)C(=O)Cn1nnc(-c2cccs2)n1. The Bertz CT molecular complexity index is 1110. The van der Waals surface area contributed by atoms with Crippen LogP contribution in [0.15, 0.2) is 42.0 Å². The Morgan fingerprint density at radius 1 is 1.17 bits per heavy atom. The van der Waals surface area contributed by atoms with Gasteiger partial charge in [-0.2, -0.15) is 4.80 Å². The van der Waals surface area contributed by atoms with E-state index in [4.69, 9.17) is 4.74 Å². The molecule has 5 rings (SSSR count). The molecule has 0 radical (unpaired) electrons. The van der Waals surface area contributed by atoms with Gasteiger partial charge in [0.1, 0.15) is 12.6 Å². The normalized spacial score (nSPS) is 19.0. The van der Waals surface area contributed by atoms with E-state index in [0.717, 1.165) is 43.4 Å². The van der Waals surface area contributed by atoms with Crippen molar-refractivity contribution < 1.29 is 14.3 Å². The molecule has 1 saturated heterocycles. The molecule has 10 nitrogen and oxygen atoms in total. The monoisotopic (exact) mass is 495 g/mol. The largest absolute Gasteiger partial charge is 0.376 e. The van der Waals surface area contributed by atoms with E-state index in [1.807, 2.05) is 17.5 Å². The van der Waals surface area contributed by atoms with Crippen molar-refractivity contribution in [3.63, 3.8) is 0 Å². The summed E-state index contributed by atoms with van der Waals surface area (Å²) in [5.41, 5.74) is 0.715. The molecule has 3 aromatic heterocycles. The van der Waals surface area contributed by atoms with E-state index in [1.165, 1.54) is 16.1 Å². The molecule has 0 aromatic carbocycles. The van der Waals surface area contributed by atoms with E-state index in [-0.39, 0.29) is 30.5 Å². The van der Waals surface area contributed by atoms with Crippen LogP contribution in [0, 0.1) is 0 Å². The summed E-state index contributed by atoms with van der Waals surface area (Å²) in [6, 6.07) is 6.74. The zero-order chi connectivity index (χ0) is 24.0. The number of pyridine rings is 1. The van der Waals surface area contributed by atoms with Gasteiger partial charge in [-0.3, -0.25) is 14.6 Å². The maximum atomic E-state index is 13.7. The number of aromatic nitrogens is 5. The molecule has 1 saturated carbocycles. The highest BCUT2D eigenvalue weighted by Crippen LogP contribution is 2.26. The van der Waals surface area contributed by atoms with Crippen LogP contribution in [-0.2, 0) is 20.9 Å². The van der Waals surface area contributed by atoms with Gasteiger partial charge in [-0.1, -0.05) is 18.9 Å². The number of thiophene rings is 1. The number of nitrogens with zero attached hydrogens (tertiary/aromatic N) is 6. The number of rotatable bonds is 9. The lowest BCUT2D eigenvalue weighted by Gasteiger charge is -2.33. The second-order valence-electron chi connectivity index (χ2n) is 8.97. The Morgan fingerprint density at radius 2 is 2.00 bits per heavy atom. The highest BCUT2D eigenvalue weighted by atomic mass is 32.1. The fourth-order valence-corrected chi connectivity index (χ4v) is 5.40. The molecule has 1 aliphatic heterocycles. The topological polar surface area (TPSA) is 115 Å². The van der Waals surface area contributed by atoms with E-state index in [1.54, 1.807) is 29.4 Å². The van der Waals surface area contributed by atoms with Gasteiger partial charge in [0.05, 0.1) is 11.0 Å². The Morgan fingerprint density at radius 3 is 2.71 bits per heavy atom. The predicted octanol–water partition coefficient (Wildman–Crippen LogP) is 2.60. The zero-order valence-electron chi connectivity index (χ0n) is 19.5. The molecule has 2 fully saturated rings. The molecule has 0 unspecified atom stereocenters. The molecule has 184 valence electrons. The van der Waals surface area contributed by atoms with Gasteiger partial charge in [0.25, 0.3) is 0 Å². The molecule has 2 aliphatic rings. The van der Waals surface area contributed by atoms with Crippen LogP contribution in [0.1, 0.15) is 50.1 Å². The molecule has 3 aromatic rings. The fraction of sp³-hybridized carbons (Fsp3) is 0.500. The number of amides is 2. The van der Waals surface area contributed by atoms with Gasteiger partial charge in [0, 0.05) is 31.6 Å². The first-order valence-electron chi connectivity index (χ1n) is 12.1. The highest BCUT2D eigenvalue weighted by Gasteiger charge is 2.35. The first kappa shape index (κ1) is 23.6. The summed E-state index contributed by atoms with van der Waals surface area (Å²) < 4.78 is 5.85. The van der Waals surface area contributed by atoms with E-state index in [0.29, 0.717) is 24.5 Å². The average Bonchev–Trinajstić information content (AvgIpc) is 3.68. The molecule has 11 heteroatoms. The van der Waals surface area contributed by atoms with Gasteiger partial charge in [-0.05, 0) is 60.0 Å². The van der Waals surface area contributed by atoms with Gasteiger partial charge >= 0.3 is 0 Å². The molecule has 2 amide bonds. The van der Waals surface area contributed by atoms with E-state index >= 15 is 0 Å². The third-order valence-electron chi connectivity index (χ3n) is 6.50. The van der Waals surface area contributed by atoms with Crippen molar-refractivity contribution in [2.75, 3.05) is 13.2 Å². The van der Waals surface area contributed by atoms with E-state index < -0.39 is 6.04 Å². The number of hydrogen-bond donors (Lipinski definition) is 1. The molecule has 4 heterocycles. The van der Waals surface area contributed by atoms with Crippen LogP contribution < -0.4 is 5.32 Å². The van der Waals surface area contributed by atoms with Crippen LogP contribution in [0.25, 0.3) is 10.7 Å². The van der Waals surface area contributed by atoms with Crippen molar-refractivity contribution in [3.05, 3.63) is 47.6 Å². The van der Waals surface area contributed by atoms with Gasteiger partial charge in [0.2, 0.25) is 17.6 Å². The standard InChI is InChI=1S/C24H29N7O3S/c32-21(16-31-28-23(27-29-31)20-8-4-14-35-20)30(15-19-7-3-13-34-19)22(17-9-11-25-12-10-17)24(33)26-18-5-1-2-6-18/h4,8-12,14,18-19,22H,1-3,5-7,13,15-16H2,(H,26,33)/t19-,22+/m1/s1. The number of hydrogen-bond acceptors (Lipinski definition) is 8. The third kappa shape index (κ3) is 5.73. The maximum absolute atomic E-state index is 13.7. The molecule has 2 atom stereocenters. The van der Waals surface area contributed by atoms with Gasteiger partial charge in [0.15, 0.2) is 0 Å². The Labute approximate surface area is 207 Å². The lowest BCUT2D eigenvalue weighted by atomic mass is 10.0. The van der Waals surface area contributed by atoms with Gasteiger partial charge in [-0.25, -0.2) is 0 Å². The zero-order valence-corrected chi connectivity index (χ0v) is 20.3. The average molecular weight is 496 g/mol. The fourth-order valence-electron chi connectivity index (χ4n) is 4.75. The summed E-state index contributed by atoms with van der Waals surface area (Å²) in [4.78, 5) is 35.2. The summed E-state index contributed by atoms with van der Waals surface area (Å²) in [6.07, 6.45) is 9.09. The second kappa shape index (κ2) is 11.0. The summed E-state index contributed by atoms with van der Waals surface area (Å²) in [6.45, 7) is 0.857. The van der Waals surface area contributed by atoms with Crippen molar-refractivity contribution in [2.45, 2.75) is 63.3 Å². The first-order chi connectivity index (χ1) is 17.2. The van der Waals surface area contributed by atoms with Crippen LogP contribution in [0.3, 0.4) is 0 Å². The summed E-state index contributed by atoms with van der Waals surface area (Å²) >= 11 is 1.51. The second-order valence-corrected chi connectivity index (χ2v) is 9.92. The molecule has 0 bridgehead atoms. The van der Waals surface area contributed by atoms with Crippen LogP contribution in [0.4, 0.5) is 0 Å². The molecule has 35 heavy (non-hydrogen) atoms. The van der Waals surface area contributed by atoms with Gasteiger partial charge in [-0.15, -0.1) is 21.5 Å². The summed E-state index contributed by atoms with van der Waals surface area (Å²) in [5.74, 6) is 0.0300. The quantitative estimate of drug-likeness (QED) is 0.485. The number of tetrazole rings is 1. The number of carbonyl (C=O) groups is 2. The third-order valence-corrected chi connectivity index (χ3v) is 7.36. The maximum Gasteiger partial charge on any atom is 0.247 e. The van der Waals surface area contributed by atoms with Crippen LogP contribution in [0.5, 0.6) is 0 Å². The summed E-state index contributed by atoms with van der Waals surface area (Å²) in [7, 11) is 0. The first-order valence-corrected chi connectivity index (χ1v) is 13.0. The van der Waals surface area contributed by atoms with Crippen molar-refractivity contribution >= 4 is 23.2 Å². The van der Waals surface area contributed by atoms with Crippen molar-refractivity contribution in [1.29, 1.82) is 0 Å². The molecular weight excluding hydrogens is 466 g/mol. The minimum atomic E-state index is -0.796. The molecular formula is C24H29N7O3S. The Kier molecular flexibility index (Phi) is 7.43. The van der Waals surface area contributed by atoms with E-state index in [2.05, 4.69) is 25.7 Å². The summed E-state index contributed by atoms with van der Waals surface area (Å²) in [5, 5.41) is 17.7. The lowest BCUT2D eigenvalue weighted by molar-refractivity contribution is -0.143. The van der Waals surface area contributed by atoms with Crippen LogP contribution in [0.2, 0.25) is 0 Å². The lowest BCUT2D eigenvalue weighted by Crippen LogP contribution is -2.49. The highest BCUT2D eigenvalue weighted by molar-refractivity contribution is 7.13. The number of ether oxygens (including phenoxy) is 1. The molecule has 1 aliphatic carbocycles. The van der Waals surface area contributed by atoms with Crippen molar-refractivity contribution in [2.24, 2.45) is 0 Å². The molecule has 1 N–H and O–H groups in total. The Balaban J connectivity index is 1.41. The molecule has 0 spiro atoms. The minimum absolute atomic E-state index is 0.118. The minimum Gasteiger partial charge on any atom is -0.376 e. The van der Waals surface area contributed by atoms with Crippen LogP contribution in [-0.4, -0.2) is 67.2 Å². The van der Waals surface area contributed by atoms with Crippen molar-refractivity contribution in [1.82, 2.24) is 35.4 Å². The number of carbonyl (C=O) groups excluding carboxylic acids is 2. The van der Waals surface area contributed by atoms with E-state index in [9.17, 15) is 9.59 Å². The smallest absolute Gasteiger partial charge is 0.247 e. The predicted molar refractivity (Wildman–Crippen MR) is 129 cm³/mol. The van der Waals surface area contributed by atoms with Crippen LogP contribution >= 0.6 is 11.3 Å².